The van der Waals surface area contributed by atoms with E-state index in [0.29, 0.717) is 26.1 Å². The second kappa shape index (κ2) is 8.86. The van der Waals surface area contributed by atoms with E-state index in [9.17, 15) is 14.4 Å². The van der Waals surface area contributed by atoms with Crippen LogP contribution < -0.4 is 9.47 Å². The molecule has 0 N–H and O–H groups in total. The molecule has 0 saturated carbocycles. The van der Waals surface area contributed by atoms with Gasteiger partial charge in [-0.3, -0.25) is 19.4 Å². The summed E-state index contributed by atoms with van der Waals surface area (Å²) in [6, 6.07) is 15.5. The summed E-state index contributed by atoms with van der Waals surface area (Å²) in [4.78, 5) is 43.3. The van der Waals surface area contributed by atoms with E-state index in [0.717, 1.165) is 34.9 Å². The van der Waals surface area contributed by atoms with Crippen LogP contribution in [0.4, 0.5) is 4.79 Å². The third-order valence-electron chi connectivity index (χ3n) is 6.58. The van der Waals surface area contributed by atoms with Gasteiger partial charge in [-0.2, -0.15) is 0 Å². The van der Waals surface area contributed by atoms with Gasteiger partial charge < -0.3 is 9.47 Å². The van der Waals surface area contributed by atoms with Gasteiger partial charge in [-0.15, -0.1) is 0 Å². The summed E-state index contributed by atoms with van der Waals surface area (Å²) in [5, 5.41) is 0. The van der Waals surface area contributed by atoms with E-state index in [-0.39, 0.29) is 12.1 Å². The lowest BCUT2D eigenvalue weighted by molar-refractivity contribution is -0.145. The Labute approximate surface area is 192 Å². The molecule has 172 valence electrons. The molecule has 3 aliphatic heterocycles. The van der Waals surface area contributed by atoms with Crippen LogP contribution in [0.1, 0.15) is 31.4 Å². The molecule has 33 heavy (non-hydrogen) atoms. The molecule has 8 nitrogen and oxygen atoms in total. The van der Waals surface area contributed by atoms with E-state index in [1.807, 2.05) is 54.6 Å². The lowest BCUT2D eigenvalue weighted by Crippen LogP contribution is -2.53. The Morgan fingerprint density at radius 3 is 2.48 bits per heavy atom. The van der Waals surface area contributed by atoms with Gasteiger partial charge in [-0.1, -0.05) is 42.5 Å². The maximum absolute atomic E-state index is 13.2. The molecule has 0 aliphatic carbocycles. The molecule has 2 fully saturated rings. The largest absolute Gasteiger partial charge is 0.486 e. The van der Waals surface area contributed by atoms with Crippen molar-refractivity contribution < 1.29 is 23.9 Å². The molecule has 4 amide bonds. The predicted molar refractivity (Wildman–Crippen MR) is 120 cm³/mol. The Morgan fingerprint density at radius 1 is 0.970 bits per heavy atom. The number of rotatable bonds is 5. The van der Waals surface area contributed by atoms with Crippen LogP contribution >= 0.6 is 0 Å². The van der Waals surface area contributed by atoms with E-state index in [1.54, 1.807) is 6.92 Å². The first kappa shape index (κ1) is 21.5. The Balaban J connectivity index is 1.26. The minimum atomic E-state index is -0.755. The van der Waals surface area contributed by atoms with Crippen molar-refractivity contribution in [3.05, 3.63) is 60.2 Å². The third-order valence-corrected chi connectivity index (χ3v) is 6.58. The van der Waals surface area contributed by atoms with E-state index in [1.165, 1.54) is 4.90 Å². The summed E-state index contributed by atoms with van der Waals surface area (Å²) in [5.41, 5.74) is 0.814. The molecule has 2 aromatic carbocycles. The zero-order valence-electron chi connectivity index (χ0n) is 18.6. The molecule has 3 atom stereocenters. The standard InChI is InChI=1S/C25H27N3O5/c1-17(18-8-3-2-4-9-18)27-23(29)24(30)28(25(27)31)19-10-7-13-26(14-19)15-20-16-32-21-11-5-6-12-22(21)33-20/h2-6,8-9,11-12,17,19-20H,7,10,13-16H2,1H3/t17-,19?,20?/m1/s1. The van der Waals surface area contributed by atoms with Gasteiger partial charge in [-0.05, 0) is 44.0 Å². The number of carbonyl (C=O) groups excluding carboxylic acids is 3. The fourth-order valence-electron chi connectivity index (χ4n) is 4.89. The van der Waals surface area contributed by atoms with E-state index in [2.05, 4.69) is 4.90 Å². The number of ether oxygens (including phenoxy) is 2. The van der Waals surface area contributed by atoms with Crippen LogP contribution in [0.15, 0.2) is 54.6 Å². The first-order valence-corrected chi connectivity index (χ1v) is 11.4. The summed E-state index contributed by atoms with van der Waals surface area (Å²) < 4.78 is 11.9. The van der Waals surface area contributed by atoms with Crippen LogP contribution in [0.25, 0.3) is 0 Å². The van der Waals surface area contributed by atoms with Gasteiger partial charge in [0.05, 0.1) is 12.1 Å². The number of hydrogen-bond acceptors (Lipinski definition) is 6. The number of benzene rings is 2. The van der Waals surface area contributed by atoms with Crippen molar-refractivity contribution in [1.29, 1.82) is 0 Å². The Kier molecular flexibility index (Phi) is 5.76. The minimum absolute atomic E-state index is 0.139. The van der Waals surface area contributed by atoms with Crippen molar-refractivity contribution in [2.75, 3.05) is 26.2 Å². The van der Waals surface area contributed by atoms with Crippen LogP contribution in [-0.4, -0.2) is 70.9 Å². The molecular formula is C25H27N3O5. The summed E-state index contributed by atoms with van der Waals surface area (Å²) in [6.07, 6.45) is 1.37. The lowest BCUT2D eigenvalue weighted by atomic mass is 10.0. The fraction of sp³-hybridized carbons (Fsp3) is 0.400. The topological polar surface area (TPSA) is 79.4 Å². The average Bonchev–Trinajstić information content (AvgIpc) is 3.07. The van der Waals surface area contributed by atoms with Crippen molar-refractivity contribution in [3.63, 3.8) is 0 Å². The maximum atomic E-state index is 13.2. The molecule has 2 aromatic rings. The molecule has 0 aromatic heterocycles. The van der Waals surface area contributed by atoms with Crippen molar-refractivity contribution in [1.82, 2.24) is 14.7 Å². The van der Waals surface area contributed by atoms with E-state index < -0.39 is 23.9 Å². The summed E-state index contributed by atoms with van der Waals surface area (Å²) in [6.45, 7) is 4.19. The Morgan fingerprint density at radius 2 is 1.70 bits per heavy atom. The third kappa shape index (κ3) is 4.06. The van der Waals surface area contributed by atoms with E-state index >= 15 is 0 Å². The zero-order valence-corrected chi connectivity index (χ0v) is 18.6. The summed E-state index contributed by atoms with van der Waals surface area (Å²) in [7, 11) is 0. The fourth-order valence-corrected chi connectivity index (χ4v) is 4.89. The minimum Gasteiger partial charge on any atom is -0.486 e. The number of piperidine rings is 1. The first-order chi connectivity index (χ1) is 16.0. The summed E-state index contributed by atoms with van der Waals surface area (Å²) >= 11 is 0. The molecule has 3 aliphatic rings. The molecule has 8 heteroatoms. The van der Waals surface area contributed by atoms with Crippen LogP contribution in [0.3, 0.4) is 0 Å². The number of likely N-dealkylation sites (tertiary alicyclic amines) is 1. The number of amides is 4. The molecular weight excluding hydrogens is 422 g/mol. The predicted octanol–water partition coefficient (Wildman–Crippen LogP) is 2.84. The zero-order chi connectivity index (χ0) is 22.9. The number of urea groups is 1. The number of hydrogen-bond donors (Lipinski definition) is 0. The molecule has 0 bridgehead atoms. The average molecular weight is 450 g/mol. The van der Waals surface area contributed by atoms with Gasteiger partial charge in [0.25, 0.3) is 0 Å². The highest BCUT2D eigenvalue weighted by Crippen LogP contribution is 2.32. The van der Waals surface area contributed by atoms with Gasteiger partial charge in [0.1, 0.15) is 12.7 Å². The van der Waals surface area contributed by atoms with Gasteiger partial charge in [0, 0.05) is 13.1 Å². The van der Waals surface area contributed by atoms with E-state index in [4.69, 9.17) is 9.47 Å². The molecule has 5 rings (SSSR count). The number of nitrogens with zero attached hydrogens (tertiary/aromatic N) is 3. The van der Waals surface area contributed by atoms with Crippen molar-refractivity contribution >= 4 is 17.8 Å². The van der Waals surface area contributed by atoms with Crippen LogP contribution in [0, 0.1) is 0 Å². The van der Waals surface area contributed by atoms with Gasteiger partial charge in [-0.25, -0.2) is 9.69 Å². The van der Waals surface area contributed by atoms with Gasteiger partial charge in [0.2, 0.25) is 0 Å². The van der Waals surface area contributed by atoms with Gasteiger partial charge in [0.15, 0.2) is 11.5 Å². The smallest absolute Gasteiger partial charge is 0.335 e. The van der Waals surface area contributed by atoms with Crippen LogP contribution in [0.5, 0.6) is 11.5 Å². The van der Waals surface area contributed by atoms with Crippen LogP contribution in [0.2, 0.25) is 0 Å². The van der Waals surface area contributed by atoms with Crippen molar-refractivity contribution in [3.8, 4) is 11.5 Å². The highest BCUT2D eigenvalue weighted by atomic mass is 16.6. The number of para-hydroxylation sites is 2. The highest BCUT2D eigenvalue weighted by molar-refractivity contribution is 6.44. The molecule has 2 unspecified atom stereocenters. The number of carbonyl (C=O) groups is 3. The van der Waals surface area contributed by atoms with Crippen molar-refractivity contribution in [2.24, 2.45) is 0 Å². The number of fused-ring (bicyclic) bond motifs is 1. The monoisotopic (exact) mass is 449 g/mol. The lowest BCUT2D eigenvalue weighted by Gasteiger charge is -2.38. The Hall–Kier alpha value is -3.39. The second-order valence-electron chi connectivity index (χ2n) is 8.77. The quantitative estimate of drug-likeness (QED) is 0.516. The SMILES string of the molecule is C[C@H](c1ccccc1)N1C(=O)C(=O)N(C2CCCN(CC3COc4ccccc4O3)C2)C1=O. The van der Waals surface area contributed by atoms with Crippen molar-refractivity contribution in [2.45, 2.75) is 38.0 Å². The Bertz CT molecular complexity index is 1060. The highest BCUT2D eigenvalue weighted by Gasteiger charge is 2.50. The molecule has 2 saturated heterocycles. The molecule has 3 heterocycles. The number of imide groups is 2. The molecule has 0 radical (unpaired) electrons. The van der Waals surface area contributed by atoms with Crippen LogP contribution in [-0.2, 0) is 9.59 Å². The molecule has 0 spiro atoms. The second-order valence-corrected chi connectivity index (χ2v) is 8.77. The normalized spacial score (nSPS) is 24.3. The van der Waals surface area contributed by atoms with Gasteiger partial charge >= 0.3 is 17.8 Å². The summed E-state index contributed by atoms with van der Waals surface area (Å²) in [5.74, 6) is -0.0251. The maximum Gasteiger partial charge on any atom is 0.335 e. The first-order valence-electron chi connectivity index (χ1n) is 11.4.